The van der Waals surface area contributed by atoms with E-state index in [0.29, 0.717) is 10.7 Å². The summed E-state index contributed by atoms with van der Waals surface area (Å²) >= 11 is 12.2. The maximum Gasteiger partial charge on any atom is 0.248 e. The van der Waals surface area contributed by atoms with Crippen molar-refractivity contribution in [3.8, 4) is 0 Å². The number of hydrogen-bond acceptors (Lipinski definition) is 3. The van der Waals surface area contributed by atoms with Crippen LogP contribution in [0.5, 0.6) is 0 Å². The van der Waals surface area contributed by atoms with Gasteiger partial charge >= 0.3 is 0 Å². The number of aryl methyl sites for hydroxylation is 1. The zero-order valence-electron chi connectivity index (χ0n) is 16.5. The monoisotopic (exact) mass is 442 g/mol. The van der Waals surface area contributed by atoms with Gasteiger partial charge in [-0.25, -0.2) is 8.42 Å². The third-order valence-corrected chi connectivity index (χ3v) is 6.19. The van der Waals surface area contributed by atoms with E-state index in [2.05, 4.69) is 5.32 Å². The Morgan fingerprint density at radius 2 is 1.75 bits per heavy atom. The number of halogens is 2. The first-order chi connectivity index (χ1) is 12.9. The van der Waals surface area contributed by atoms with Crippen LogP contribution < -0.4 is 9.62 Å². The highest BCUT2D eigenvalue weighted by Gasteiger charge is 2.31. The first kappa shape index (κ1) is 22.5. The molecule has 0 radical (unpaired) electrons. The number of anilines is 2. The molecular weight excluding hydrogens is 419 g/mol. The largest absolute Gasteiger partial charge is 0.324 e. The maximum atomic E-state index is 13.0. The van der Waals surface area contributed by atoms with Gasteiger partial charge in [-0.05, 0) is 49.1 Å². The molecule has 0 spiro atoms. The summed E-state index contributed by atoms with van der Waals surface area (Å²) in [7, 11) is -3.80. The molecule has 0 aliphatic rings. The molecule has 5 nitrogen and oxygen atoms in total. The van der Waals surface area contributed by atoms with E-state index in [4.69, 9.17) is 23.2 Å². The number of nitrogens with zero attached hydrogens (tertiary/aromatic N) is 1. The average Bonchev–Trinajstić information content (AvgIpc) is 2.58. The van der Waals surface area contributed by atoms with Gasteiger partial charge in [-0.3, -0.25) is 9.10 Å². The number of carbonyl (C=O) groups is 1. The van der Waals surface area contributed by atoms with Crippen LogP contribution in [0.2, 0.25) is 10.0 Å². The first-order valence-electron chi connectivity index (χ1n) is 8.78. The van der Waals surface area contributed by atoms with Crippen LogP contribution in [-0.2, 0) is 14.8 Å². The summed E-state index contributed by atoms with van der Waals surface area (Å²) in [5, 5.41) is 3.40. The minimum atomic E-state index is -3.80. The standard InChI is InChI=1S/C20H24Cl2N2O3S/c1-12(2)16-8-6-7-13(3)19(16)23-20(25)14(4)24(28(5,26)27)18-11-15(21)9-10-17(18)22/h6-12,14H,1-5H3,(H,23,25)/t14-/m0/s1. The lowest BCUT2D eigenvalue weighted by Crippen LogP contribution is -2.45. The molecule has 0 aliphatic carbocycles. The van der Waals surface area contributed by atoms with E-state index >= 15 is 0 Å². The van der Waals surface area contributed by atoms with Gasteiger partial charge in [0.05, 0.1) is 17.0 Å². The van der Waals surface area contributed by atoms with E-state index in [-0.39, 0.29) is 16.6 Å². The number of hydrogen-bond donors (Lipinski definition) is 1. The van der Waals surface area contributed by atoms with E-state index in [1.807, 2.05) is 39.0 Å². The molecule has 0 aromatic heterocycles. The van der Waals surface area contributed by atoms with Crippen LogP contribution in [0.25, 0.3) is 0 Å². The predicted octanol–water partition coefficient (Wildman–Crippen LogP) is 5.22. The molecule has 1 N–H and O–H groups in total. The van der Waals surface area contributed by atoms with Gasteiger partial charge in [0, 0.05) is 10.7 Å². The van der Waals surface area contributed by atoms with Crippen molar-refractivity contribution >= 4 is 50.5 Å². The fourth-order valence-electron chi connectivity index (χ4n) is 3.01. The van der Waals surface area contributed by atoms with Crippen molar-refractivity contribution in [2.24, 2.45) is 0 Å². The molecule has 0 aliphatic heterocycles. The predicted molar refractivity (Wildman–Crippen MR) is 117 cm³/mol. The summed E-state index contributed by atoms with van der Waals surface area (Å²) < 4.78 is 26.0. The zero-order chi connectivity index (χ0) is 21.2. The minimum Gasteiger partial charge on any atom is -0.324 e. The highest BCUT2D eigenvalue weighted by molar-refractivity contribution is 7.92. The van der Waals surface area contributed by atoms with Crippen molar-refractivity contribution in [2.75, 3.05) is 15.9 Å². The van der Waals surface area contributed by atoms with E-state index in [9.17, 15) is 13.2 Å². The average molecular weight is 443 g/mol. The van der Waals surface area contributed by atoms with E-state index in [1.54, 1.807) is 6.07 Å². The van der Waals surface area contributed by atoms with Crippen LogP contribution in [0.4, 0.5) is 11.4 Å². The Labute approximate surface area is 176 Å². The molecule has 0 saturated heterocycles. The Kier molecular flexibility index (Phi) is 7.02. The summed E-state index contributed by atoms with van der Waals surface area (Å²) in [6.07, 6.45) is 1.03. The Bertz CT molecular complexity index is 991. The number of para-hydroxylation sites is 1. The van der Waals surface area contributed by atoms with Crippen molar-refractivity contribution < 1.29 is 13.2 Å². The summed E-state index contributed by atoms with van der Waals surface area (Å²) in [5.41, 5.74) is 2.74. The Morgan fingerprint density at radius 1 is 1.11 bits per heavy atom. The number of amides is 1. The lowest BCUT2D eigenvalue weighted by atomic mass is 9.98. The van der Waals surface area contributed by atoms with Crippen molar-refractivity contribution in [3.05, 3.63) is 57.6 Å². The second-order valence-electron chi connectivity index (χ2n) is 7.01. The Hall–Kier alpha value is -1.76. The number of sulfonamides is 1. The molecule has 8 heteroatoms. The third-order valence-electron chi connectivity index (χ3n) is 4.41. The van der Waals surface area contributed by atoms with Crippen LogP contribution >= 0.6 is 23.2 Å². The van der Waals surface area contributed by atoms with Crippen molar-refractivity contribution in [1.82, 2.24) is 0 Å². The molecule has 0 unspecified atom stereocenters. The molecule has 0 heterocycles. The van der Waals surface area contributed by atoms with Crippen LogP contribution in [0.3, 0.4) is 0 Å². The van der Waals surface area contributed by atoms with E-state index < -0.39 is 22.0 Å². The van der Waals surface area contributed by atoms with Crippen molar-refractivity contribution in [1.29, 1.82) is 0 Å². The van der Waals surface area contributed by atoms with Gasteiger partial charge in [-0.1, -0.05) is 55.2 Å². The third kappa shape index (κ3) is 4.99. The fraction of sp³-hybridized carbons (Fsp3) is 0.350. The molecule has 0 saturated carbocycles. The van der Waals surface area contributed by atoms with E-state index in [0.717, 1.165) is 21.7 Å². The quantitative estimate of drug-likeness (QED) is 0.666. The number of nitrogens with one attached hydrogen (secondary N) is 1. The van der Waals surface area contributed by atoms with Gasteiger partial charge in [-0.15, -0.1) is 0 Å². The topological polar surface area (TPSA) is 66.5 Å². The van der Waals surface area contributed by atoms with Crippen LogP contribution in [0.15, 0.2) is 36.4 Å². The van der Waals surface area contributed by atoms with Gasteiger partial charge in [0.1, 0.15) is 6.04 Å². The fourth-order valence-corrected chi connectivity index (χ4v) is 4.61. The Balaban J connectivity index is 2.46. The molecule has 2 aromatic rings. The summed E-state index contributed by atoms with van der Waals surface area (Å²) in [5.74, 6) is -0.267. The maximum absolute atomic E-state index is 13.0. The molecule has 28 heavy (non-hydrogen) atoms. The molecule has 0 fully saturated rings. The number of carbonyl (C=O) groups excluding carboxylic acids is 1. The molecule has 1 atom stereocenters. The summed E-state index contributed by atoms with van der Waals surface area (Å²) in [6, 6.07) is 9.22. The lowest BCUT2D eigenvalue weighted by Gasteiger charge is -2.29. The molecule has 152 valence electrons. The molecular formula is C20H24Cl2N2O3S. The molecule has 2 rings (SSSR count). The second kappa shape index (κ2) is 8.72. The van der Waals surface area contributed by atoms with Crippen molar-refractivity contribution in [3.63, 3.8) is 0 Å². The Morgan fingerprint density at radius 3 is 2.32 bits per heavy atom. The minimum absolute atomic E-state index is 0.160. The normalized spacial score (nSPS) is 12.7. The molecule has 2 aromatic carbocycles. The first-order valence-corrected chi connectivity index (χ1v) is 11.4. The highest BCUT2D eigenvalue weighted by atomic mass is 35.5. The van der Waals surface area contributed by atoms with Crippen LogP contribution in [0.1, 0.15) is 37.8 Å². The van der Waals surface area contributed by atoms with Crippen LogP contribution in [-0.4, -0.2) is 26.6 Å². The number of rotatable bonds is 6. The van der Waals surface area contributed by atoms with Crippen molar-refractivity contribution in [2.45, 2.75) is 39.7 Å². The van der Waals surface area contributed by atoms with Gasteiger partial charge in [0.2, 0.25) is 15.9 Å². The zero-order valence-corrected chi connectivity index (χ0v) is 18.8. The van der Waals surface area contributed by atoms with Crippen LogP contribution in [0, 0.1) is 6.92 Å². The molecule has 0 bridgehead atoms. The smallest absolute Gasteiger partial charge is 0.248 e. The summed E-state index contributed by atoms with van der Waals surface area (Å²) in [6.45, 7) is 7.47. The molecule has 1 amide bonds. The van der Waals surface area contributed by atoms with Gasteiger partial charge < -0.3 is 5.32 Å². The SMILES string of the molecule is Cc1cccc(C(C)C)c1NC(=O)[C@H](C)N(c1cc(Cl)ccc1Cl)S(C)(=O)=O. The van der Waals surface area contributed by atoms with Gasteiger partial charge in [-0.2, -0.15) is 0 Å². The summed E-state index contributed by atoms with van der Waals surface area (Å²) in [4.78, 5) is 13.0. The lowest BCUT2D eigenvalue weighted by molar-refractivity contribution is -0.116. The highest BCUT2D eigenvalue weighted by Crippen LogP contribution is 2.33. The van der Waals surface area contributed by atoms with E-state index in [1.165, 1.54) is 19.1 Å². The number of benzene rings is 2. The van der Waals surface area contributed by atoms with Gasteiger partial charge in [0.15, 0.2) is 0 Å². The van der Waals surface area contributed by atoms with Gasteiger partial charge in [0.25, 0.3) is 0 Å². The second-order valence-corrected chi connectivity index (χ2v) is 9.72.